The summed E-state index contributed by atoms with van der Waals surface area (Å²) in [6.07, 6.45) is 0.529. The summed E-state index contributed by atoms with van der Waals surface area (Å²) in [6, 6.07) is 5.06. The number of ether oxygens (including phenoxy) is 1. The van der Waals surface area contributed by atoms with E-state index < -0.39 is 34.4 Å². The van der Waals surface area contributed by atoms with E-state index in [2.05, 4.69) is 0 Å². The molecule has 0 aliphatic carbocycles. The lowest BCUT2D eigenvalue weighted by Crippen LogP contribution is -2.53. The first-order chi connectivity index (χ1) is 12.2. The number of amides is 2. The van der Waals surface area contributed by atoms with Crippen LogP contribution in [0.25, 0.3) is 0 Å². The van der Waals surface area contributed by atoms with Crippen LogP contribution in [0.15, 0.2) is 24.3 Å². The number of nitrogens with zero attached hydrogens (tertiary/aromatic N) is 3. The first kappa shape index (κ1) is 20.0. The van der Waals surface area contributed by atoms with Gasteiger partial charge < -0.3 is 14.5 Å². The van der Waals surface area contributed by atoms with Crippen molar-refractivity contribution in [2.75, 3.05) is 49.9 Å². The molecule has 144 valence electrons. The smallest absolute Gasteiger partial charge is 0.409 e. The molecule has 1 aromatic rings. The largest absolute Gasteiger partial charge is 0.450 e. The number of piperazine rings is 1. The van der Waals surface area contributed by atoms with Crippen molar-refractivity contribution in [2.45, 2.75) is 6.92 Å². The molecule has 0 aromatic heterocycles. The first-order valence-corrected chi connectivity index (χ1v) is 10.00. The highest BCUT2D eigenvalue weighted by atomic mass is 32.2. The third-order valence-corrected chi connectivity index (χ3v) is 5.07. The van der Waals surface area contributed by atoms with Crippen LogP contribution in [-0.2, 0) is 19.6 Å². The first-order valence-electron chi connectivity index (χ1n) is 8.15. The minimum absolute atomic E-state index is 0.0889. The van der Waals surface area contributed by atoms with Gasteiger partial charge in [0.15, 0.2) is 0 Å². The highest BCUT2D eigenvalue weighted by Crippen LogP contribution is 2.19. The Morgan fingerprint density at radius 1 is 1.19 bits per heavy atom. The summed E-state index contributed by atoms with van der Waals surface area (Å²) in [7, 11) is -3.77. The maximum atomic E-state index is 13.4. The Balaban J connectivity index is 2.04. The molecule has 1 aliphatic rings. The zero-order chi connectivity index (χ0) is 19.3. The van der Waals surface area contributed by atoms with Crippen LogP contribution in [-0.4, -0.2) is 75.8 Å². The topological polar surface area (TPSA) is 87.2 Å². The molecule has 1 aromatic carbocycles. The number of carbonyl (C=O) groups excluding carboxylic acids is 2. The van der Waals surface area contributed by atoms with Gasteiger partial charge in [0.1, 0.15) is 12.4 Å². The number of halogens is 1. The van der Waals surface area contributed by atoms with Gasteiger partial charge >= 0.3 is 6.09 Å². The highest BCUT2D eigenvalue weighted by molar-refractivity contribution is 7.92. The quantitative estimate of drug-likeness (QED) is 0.749. The number of anilines is 1. The summed E-state index contributed by atoms with van der Waals surface area (Å²) < 4.78 is 43.3. The molecular weight excluding hydrogens is 365 g/mol. The van der Waals surface area contributed by atoms with Crippen LogP contribution in [0.4, 0.5) is 14.9 Å². The van der Waals surface area contributed by atoms with Gasteiger partial charge in [-0.25, -0.2) is 17.6 Å². The lowest BCUT2D eigenvalue weighted by molar-refractivity contribution is -0.131. The van der Waals surface area contributed by atoms with E-state index in [9.17, 15) is 22.4 Å². The van der Waals surface area contributed by atoms with Crippen molar-refractivity contribution < 1.29 is 27.1 Å². The van der Waals surface area contributed by atoms with Crippen molar-refractivity contribution in [1.82, 2.24) is 9.80 Å². The molecule has 0 radical (unpaired) electrons. The summed E-state index contributed by atoms with van der Waals surface area (Å²) in [5.74, 6) is -1.00. The Kier molecular flexibility index (Phi) is 6.41. The fourth-order valence-electron chi connectivity index (χ4n) is 2.61. The molecule has 2 amide bonds. The molecule has 0 N–H and O–H groups in total. The number of carbonyl (C=O) groups is 2. The third-order valence-electron chi connectivity index (χ3n) is 3.93. The summed E-state index contributed by atoms with van der Waals surface area (Å²) in [6.45, 7) is 2.73. The van der Waals surface area contributed by atoms with Gasteiger partial charge in [0.05, 0.1) is 18.6 Å². The second kappa shape index (κ2) is 8.35. The molecule has 1 aliphatic heterocycles. The lowest BCUT2D eigenvalue weighted by atomic mass is 10.3. The van der Waals surface area contributed by atoms with Gasteiger partial charge in [-0.15, -0.1) is 0 Å². The molecule has 0 bridgehead atoms. The van der Waals surface area contributed by atoms with Crippen LogP contribution in [0.5, 0.6) is 0 Å². The monoisotopic (exact) mass is 387 g/mol. The van der Waals surface area contributed by atoms with Crippen molar-refractivity contribution in [3.05, 3.63) is 30.1 Å². The zero-order valence-electron chi connectivity index (χ0n) is 14.7. The van der Waals surface area contributed by atoms with Crippen molar-refractivity contribution >= 4 is 27.7 Å². The van der Waals surface area contributed by atoms with Gasteiger partial charge in [-0.3, -0.25) is 9.10 Å². The number of benzene rings is 1. The van der Waals surface area contributed by atoms with Gasteiger partial charge in [-0.05, 0) is 25.1 Å². The molecule has 0 atom stereocenters. The molecule has 8 nitrogen and oxygen atoms in total. The standard InChI is InChI=1S/C16H22FN3O5S/c1-3-25-16(22)19-9-7-18(8-10-19)15(21)12-20(26(2,23)24)14-6-4-5-13(17)11-14/h4-6,11H,3,7-10,12H2,1-2H3. The maximum absolute atomic E-state index is 13.4. The molecule has 10 heteroatoms. The SMILES string of the molecule is CCOC(=O)N1CCN(C(=O)CN(c2cccc(F)c2)S(C)(=O)=O)CC1. The Hall–Kier alpha value is -2.36. The summed E-state index contributed by atoms with van der Waals surface area (Å²) in [4.78, 5) is 27.2. The average molecular weight is 387 g/mol. The fourth-order valence-corrected chi connectivity index (χ4v) is 3.45. The van der Waals surface area contributed by atoms with Crippen LogP contribution in [0.1, 0.15) is 6.92 Å². The van der Waals surface area contributed by atoms with E-state index in [0.717, 1.165) is 16.6 Å². The Morgan fingerprint density at radius 2 is 1.81 bits per heavy atom. The maximum Gasteiger partial charge on any atom is 0.409 e. The number of rotatable bonds is 5. The minimum atomic E-state index is -3.77. The van der Waals surface area contributed by atoms with Crippen LogP contribution in [0.2, 0.25) is 0 Å². The second-order valence-corrected chi connectivity index (χ2v) is 7.72. The molecule has 0 saturated carbocycles. The van der Waals surface area contributed by atoms with Crippen LogP contribution >= 0.6 is 0 Å². The molecule has 26 heavy (non-hydrogen) atoms. The minimum Gasteiger partial charge on any atom is -0.450 e. The van der Waals surface area contributed by atoms with E-state index in [1.54, 1.807) is 6.92 Å². The number of hydrogen-bond acceptors (Lipinski definition) is 5. The Bertz CT molecular complexity index is 763. The number of hydrogen-bond donors (Lipinski definition) is 0. The molecule has 2 rings (SSSR count). The second-order valence-electron chi connectivity index (χ2n) is 5.82. The van der Waals surface area contributed by atoms with E-state index in [4.69, 9.17) is 4.74 Å². The van der Waals surface area contributed by atoms with Gasteiger partial charge in [0, 0.05) is 26.2 Å². The van der Waals surface area contributed by atoms with Crippen LogP contribution < -0.4 is 4.31 Å². The molecule has 0 unspecified atom stereocenters. The predicted molar refractivity (Wildman–Crippen MR) is 93.8 cm³/mol. The average Bonchev–Trinajstić information content (AvgIpc) is 2.58. The molecule has 1 fully saturated rings. The molecule has 0 spiro atoms. The van der Waals surface area contributed by atoms with E-state index in [-0.39, 0.29) is 25.4 Å². The molecule has 1 heterocycles. The summed E-state index contributed by atoms with van der Waals surface area (Å²) in [5.41, 5.74) is 0.0889. The van der Waals surface area contributed by atoms with Crippen molar-refractivity contribution in [3.8, 4) is 0 Å². The third kappa shape index (κ3) is 5.07. The van der Waals surface area contributed by atoms with E-state index in [1.807, 2.05) is 0 Å². The molecular formula is C16H22FN3O5S. The van der Waals surface area contributed by atoms with Crippen molar-refractivity contribution in [1.29, 1.82) is 0 Å². The number of sulfonamides is 1. The fraction of sp³-hybridized carbons (Fsp3) is 0.500. The van der Waals surface area contributed by atoms with Crippen molar-refractivity contribution in [2.24, 2.45) is 0 Å². The predicted octanol–water partition coefficient (Wildman–Crippen LogP) is 0.892. The van der Waals surface area contributed by atoms with Crippen LogP contribution in [0, 0.1) is 5.82 Å². The zero-order valence-corrected chi connectivity index (χ0v) is 15.5. The van der Waals surface area contributed by atoms with Crippen LogP contribution in [0.3, 0.4) is 0 Å². The molecule has 1 saturated heterocycles. The summed E-state index contributed by atoms with van der Waals surface area (Å²) in [5, 5.41) is 0. The highest BCUT2D eigenvalue weighted by Gasteiger charge is 2.28. The van der Waals surface area contributed by atoms with E-state index in [1.165, 1.54) is 28.0 Å². The van der Waals surface area contributed by atoms with E-state index in [0.29, 0.717) is 13.1 Å². The Labute approximate surface area is 152 Å². The van der Waals surface area contributed by atoms with Gasteiger partial charge in [-0.2, -0.15) is 0 Å². The van der Waals surface area contributed by atoms with Gasteiger partial charge in [0.25, 0.3) is 0 Å². The van der Waals surface area contributed by atoms with Gasteiger partial charge in [-0.1, -0.05) is 6.07 Å². The summed E-state index contributed by atoms with van der Waals surface area (Å²) >= 11 is 0. The van der Waals surface area contributed by atoms with Crippen molar-refractivity contribution in [3.63, 3.8) is 0 Å². The van der Waals surface area contributed by atoms with Gasteiger partial charge in [0.2, 0.25) is 15.9 Å². The lowest BCUT2D eigenvalue weighted by Gasteiger charge is -2.35. The Morgan fingerprint density at radius 3 is 2.35 bits per heavy atom. The normalized spacial score (nSPS) is 14.9. The van der Waals surface area contributed by atoms with E-state index >= 15 is 0 Å².